The number of rotatable bonds is 1. The van der Waals surface area contributed by atoms with Crippen LogP contribution in [0.4, 0.5) is 13.2 Å². The number of alkyl halides is 4. The van der Waals surface area contributed by atoms with Gasteiger partial charge in [0, 0.05) is 5.56 Å². The second kappa shape index (κ2) is 4.81. The molecule has 0 fully saturated rings. The SMILES string of the molecule is Cc1cc(C)c2c(c1)OC(Cl)(C(F)(F)F)C(C(=O)[O-])=C2Cl. The standard InChI is InChI=1S/C13H9Cl2F3O3/c1-5-3-6(2)8-7(4-5)21-12(15,13(16,17)18)9(10(8)14)11(19)20/h3-4H,1-2H3,(H,19,20)/p-1. The lowest BCUT2D eigenvalue weighted by Gasteiger charge is -2.38. The summed E-state index contributed by atoms with van der Waals surface area (Å²) in [6.07, 6.45) is -5.20. The van der Waals surface area contributed by atoms with Gasteiger partial charge in [0.25, 0.3) is 0 Å². The topological polar surface area (TPSA) is 49.4 Å². The highest BCUT2D eigenvalue weighted by atomic mass is 35.5. The Bertz CT molecular complexity index is 667. The third-order valence-corrected chi connectivity index (χ3v) is 3.88. The smallest absolute Gasteiger partial charge is 0.448 e. The Morgan fingerprint density at radius 2 is 1.90 bits per heavy atom. The Balaban J connectivity index is 2.84. The quantitative estimate of drug-likeness (QED) is 0.739. The molecule has 21 heavy (non-hydrogen) atoms. The summed E-state index contributed by atoms with van der Waals surface area (Å²) in [4.78, 5) is 11.1. The van der Waals surface area contributed by atoms with E-state index in [0.717, 1.165) is 0 Å². The van der Waals surface area contributed by atoms with Crippen LogP contribution in [-0.4, -0.2) is 17.2 Å². The van der Waals surface area contributed by atoms with Crippen molar-refractivity contribution in [3.8, 4) is 5.75 Å². The van der Waals surface area contributed by atoms with E-state index in [-0.39, 0.29) is 11.3 Å². The molecule has 0 radical (unpaired) electrons. The number of hydrogen-bond acceptors (Lipinski definition) is 3. The predicted molar refractivity (Wildman–Crippen MR) is 69.0 cm³/mol. The number of carboxylic acids is 1. The average Bonchev–Trinajstić information content (AvgIpc) is 2.24. The van der Waals surface area contributed by atoms with Gasteiger partial charge in [0.2, 0.25) is 0 Å². The molecule has 0 bridgehead atoms. The van der Waals surface area contributed by atoms with Gasteiger partial charge in [-0.15, -0.1) is 0 Å². The van der Waals surface area contributed by atoms with Crippen LogP contribution in [-0.2, 0) is 4.79 Å². The van der Waals surface area contributed by atoms with Crippen LogP contribution < -0.4 is 9.84 Å². The van der Waals surface area contributed by atoms with E-state index in [1.165, 1.54) is 6.07 Å². The minimum atomic E-state index is -5.20. The molecular formula is C13H8Cl2F3O3-. The molecule has 1 aromatic carbocycles. The van der Waals surface area contributed by atoms with Crippen molar-refractivity contribution in [3.05, 3.63) is 34.4 Å². The molecule has 3 nitrogen and oxygen atoms in total. The first-order valence-corrected chi connectivity index (χ1v) is 6.42. The van der Waals surface area contributed by atoms with Crippen molar-refractivity contribution < 1.29 is 27.8 Å². The minimum absolute atomic E-state index is 0.0574. The van der Waals surface area contributed by atoms with Crippen LogP contribution in [0.5, 0.6) is 5.75 Å². The van der Waals surface area contributed by atoms with Crippen molar-refractivity contribution in [1.29, 1.82) is 0 Å². The Hall–Kier alpha value is -1.40. The van der Waals surface area contributed by atoms with Crippen LogP contribution in [0.25, 0.3) is 5.03 Å². The summed E-state index contributed by atoms with van der Waals surface area (Å²) in [5, 5.41) is 6.87. The van der Waals surface area contributed by atoms with Gasteiger partial charge in [-0.1, -0.05) is 29.3 Å². The fourth-order valence-electron chi connectivity index (χ4n) is 2.18. The fraction of sp³-hybridized carbons (Fsp3) is 0.308. The summed E-state index contributed by atoms with van der Waals surface area (Å²) in [5.41, 5.74) is -0.205. The lowest BCUT2D eigenvalue weighted by atomic mass is 9.95. The van der Waals surface area contributed by atoms with E-state index in [9.17, 15) is 23.1 Å². The van der Waals surface area contributed by atoms with E-state index < -0.39 is 27.8 Å². The Morgan fingerprint density at radius 3 is 2.38 bits per heavy atom. The molecule has 1 aliphatic rings. The average molecular weight is 340 g/mol. The zero-order valence-electron chi connectivity index (χ0n) is 10.8. The molecule has 0 aliphatic carbocycles. The molecule has 1 unspecified atom stereocenters. The largest absolute Gasteiger partial charge is 0.545 e. The van der Waals surface area contributed by atoms with Gasteiger partial charge in [0.1, 0.15) is 5.75 Å². The molecule has 1 aliphatic heterocycles. The van der Waals surface area contributed by atoms with Gasteiger partial charge in [-0.25, -0.2) is 0 Å². The zero-order chi connectivity index (χ0) is 16.2. The first-order valence-electron chi connectivity index (χ1n) is 5.67. The van der Waals surface area contributed by atoms with Gasteiger partial charge in [-0.2, -0.15) is 13.2 Å². The Labute approximate surface area is 127 Å². The van der Waals surface area contributed by atoms with E-state index >= 15 is 0 Å². The lowest BCUT2D eigenvalue weighted by Crippen LogP contribution is -2.53. The highest BCUT2D eigenvalue weighted by Crippen LogP contribution is 2.52. The molecule has 1 atom stereocenters. The van der Waals surface area contributed by atoms with Gasteiger partial charge in [-0.05, 0) is 31.0 Å². The van der Waals surface area contributed by atoms with Crippen LogP contribution in [0.2, 0.25) is 0 Å². The van der Waals surface area contributed by atoms with Gasteiger partial charge in [0.15, 0.2) is 0 Å². The summed E-state index contributed by atoms with van der Waals surface area (Å²) >= 11 is 11.3. The van der Waals surface area contributed by atoms with E-state index in [1.54, 1.807) is 19.9 Å². The Kier molecular flexibility index (Phi) is 3.66. The van der Waals surface area contributed by atoms with Crippen molar-refractivity contribution in [2.24, 2.45) is 0 Å². The molecule has 0 N–H and O–H groups in total. The first-order chi connectivity index (χ1) is 9.49. The summed E-state index contributed by atoms with van der Waals surface area (Å²) in [6.45, 7) is 3.21. The second-order valence-electron chi connectivity index (χ2n) is 4.63. The van der Waals surface area contributed by atoms with E-state index in [2.05, 4.69) is 0 Å². The van der Waals surface area contributed by atoms with Crippen LogP contribution in [0.3, 0.4) is 0 Å². The molecule has 0 saturated heterocycles. The molecule has 8 heteroatoms. The van der Waals surface area contributed by atoms with Crippen molar-refractivity contribution in [1.82, 2.24) is 0 Å². The highest BCUT2D eigenvalue weighted by Gasteiger charge is 2.62. The normalized spacial score (nSPS) is 21.9. The lowest BCUT2D eigenvalue weighted by molar-refractivity contribution is -0.303. The van der Waals surface area contributed by atoms with E-state index in [0.29, 0.717) is 11.1 Å². The maximum atomic E-state index is 13.2. The van der Waals surface area contributed by atoms with Crippen LogP contribution in [0, 0.1) is 13.8 Å². The van der Waals surface area contributed by atoms with E-state index in [1.807, 2.05) is 0 Å². The summed E-state index contributed by atoms with van der Waals surface area (Å²) in [5.74, 6) is -2.37. The molecule has 1 aromatic rings. The molecule has 1 heterocycles. The maximum Gasteiger partial charge on any atom is 0.448 e. The molecule has 0 spiro atoms. The molecular weight excluding hydrogens is 332 g/mol. The Morgan fingerprint density at radius 1 is 1.33 bits per heavy atom. The number of benzene rings is 1. The third kappa shape index (κ3) is 2.36. The van der Waals surface area contributed by atoms with Crippen molar-refractivity contribution in [2.75, 3.05) is 0 Å². The molecule has 0 aromatic heterocycles. The number of carbonyl (C=O) groups excluding carboxylic acids is 1. The number of ether oxygens (including phenoxy) is 1. The van der Waals surface area contributed by atoms with Gasteiger partial charge >= 0.3 is 11.2 Å². The zero-order valence-corrected chi connectivity index (χ0v) is 12.3. The minimum Gasteiger partial charge on any atom is -0.545 e. The molecule has 2 rings (SSSR count). The first kappa shape index (κ1) is 16.0. The summed E-state index contributed by atoms with van der Waals surface area (Å²) in [7, 11) is 0. The van der Waals surface area contributed by atoms with Gasteiger partial charge in [-0.3, -0.25) is 0 Å². The third-order valence-electron chi connectivity index (χ3n) is 3.02. The van der Waals surface area contributed by atoms with E-state index in [4.69, 9.17) is 27.9 Å². The number of aryl methyl sites for hydroxylation is 2. The van der Waals surface area contributed by atoms with Crippen molar-refractivity contribution in [3.63, 3.8) is 0 Å². The number of hydrogen-bond donors (Lipinski definition) is 0. The second-order valence-corrected chi connectivity index (χ2v) is 5.54. The van der Waals surface area contributed by atoms with Crippen molar-refractivity contribution in [2.45, 2.75) is 25.1 Å². The van der Waals surface area contributed by atoms with Crippen LogP contribution >= 0.6 is 23.2 Å². The summed E-state index contributed by atoms with van der Waals surface area (Å²) < 4.78 is 44.3. The molecule has 0 amide bonds. The highest BCUT2D eigenvalue weighted by molar-refractivity contribution is 6.53. The number of halogens is 5. The molecule has 114 valence electrons. The monoisotopic (exact) mass is 339 g/mol. The van der Waals surface area contributed by atoms with Crippen molar-refractivity contribution >= 4 is 34.2 Å². The predicted octanol–water partition coefficient (Wildman–Crippen LogP) is 2.89. The number of aliphatic carboxylic acids is 1. The number of carboxylic acid groups (broad SMARTS) is 1. The van der Waals surface area contributed by atoms with Crippen LogP contribution in [0.15, 0.2) is 17.7 Å². The summed E-state index contributed by atoms with van der Waals surface area (Å²) in [6, 6.07) is 2.94. The van der Waals surface area contributed by atoms with Gasteiger partial charge < -0.3 is 14.6 Å². The van der Waals surface area contributed by atoms with Crippen LogP contribution in [0.1, 0.15) is 16.7 Å². The maximum absolute atomic E-state index is 13.2. The number of fused-ring (bicyclic) bond motifs is 1. The number of carbonyl (C=O) groups is 1. The fourth-order valence-corrected chi connectivity index (χ4v) is 2.94. The van der Waals surface area contributed by atoms with Gasteiger partial charge in [0.05, 0.1) is 16.6 Å². The molecule has 0 saturated carbocycles.